The maximum Gasteiger partial charge on any atom is 0.306 e. The summed E-state index contributed by atoms with van der Waals surface area (Å²) in [7, 11) is 0. The molecule has 0 aliphatic carbocycles. The quantitative estimate of drug-likeness (QED) is 0.0264. The first-order valence-corrected chi connectivity index (χ1v) is 24.2. The van der Waals surface area contributed by atoms with Gasteiger partial charge in [-0.15, -0.1) is 0 Å². The molecule has 0 aliphatic rings. The Morgan fingerprint density at radius 2 is 0.667 bits per heavy atom. The van der Waals surface area contributed by atoms with Crippen LogP contribution in [-0.4, -0.2) is 37.2 Å². The Balaban J connectivity index is 4.32. The van der Waals surface area contributed by atoms with Crippen LogP contribution in [0.15, 0.2) is 97.2 Å². The van der Waals surface area contributed by atoms with Crippen LogP contribution in [0, 0.1) is 0 Å². The van der Waals surface area contributed by atoms with Gasteiger partial charge in [0.1, 0.15) is 13.2 Å². The Morgan fingerprint density at radius 3 is 1.10 bits per heavy atom. The van der Waals surface area contributed by atoms with E-state index in [0.29, 0.717) is 19.3 Å². The molecule has 1 atom stereocenters. The van der Waals surface area contributed by atoms with Crippen LogP contribution in [0.5, 0.6) is 0 Å². The molecule has 0 N–H and O–H groups in total. The molecular weight excluding hydrogens is 745 g/mol. The van der Waals surface area contributed by atoms with Crippen molar-refractivity contribution < 1.29 is 28.6 Å². The summed E-state index contributed by atoms with van der Waals surface area (Å²) in [5, 5.41) is 0. The number of esters is 3. The molecule has 1 unspecified atom stereocenters. The van der Waals surface area contributed by atoms with Crippen molar-refractivity contribution >= 4 is 17.9 Å². The van der Waals surface area contributed by atoms with Crippen LogP contribution in [-0.2, 0) is 28.6 Å². The predicted octanol–water partition coefficient (Wildman–Crippen LogP) is 15.8. The van der Waals surface area contributed by atoms with Crippen LogP contribution in [0.4, 0.5) is 0 Å². The highest BCUT2D eigenvalue weighted by molar-refractivity contribution is 5.71. The largest absolute Gasteiger partial charge is 0.462 e. The molecule has 340 valence electrons. The van der Waals surface area contributed by atoms with Gasteiger partial charge in [0.05, 0.1) is 0 Å². The Labute approximate surface area is 368 Å². The van der Waals surface area contributed by atoms with Crippen molar-refractivity contribution in [3.05, 3.63) is 97.2 Å². The summed E-state index contributed by atoms with van der Waals surface area (Å²) in [6.07, 6.45) is 62.9. The molecule has 0 saturated carbocycles. The first-order chi connectivity index (χ1) is 29.5. The molecule has 0 rings (SSSR count). The van der Waals surface area contributed by atoms with E-state index < -0.39 is 6.10 Å². The van der Waals surface area contributed by atoms with Gasteiger partial charge in [-0.05, 0) is 96.3 Å². The molecule has 0 heterocycles. The normalized spacial score (nSPS) is 12.9. The van der Waals surface area contributed by atoms with Gasteiger partial charge in [-0.1, -0.05) is 189 Å². The number of allylic oxidation sites excluding steroid dienone is 16. The standard InChI is InChI=1S/C54H88O6/c1-4-7-10-13-15-17-19-21-23-24-25-26-27-28-29-30-31-33-34-36-38-41-44-47-53(56)59-50-51(49-58-52(55)46-43-40-12-9-6-3)60-54(57)48-45-42-39-37-35-32-22-20-18-16-14-11-8-5-2/h7,10,15,17,20-23,25-26,28-29,31,33,36,38,51H,4-6,8-9,11-14,16,18-19,24,27,30,32,34-35,37,39-50H2,1-3H3/b10-7-,17-15-,22-20-,23-21-,26-25-,29-28-,33-31-,38-36-. The third kappa shape index (κ3) is 45.4. The number of carbonyl (C=O) groups is 3. The van der Waals surface area contributed by atoms with Crippen molar-refractivity contribution in [3.8, 4) is 0 Å². The molecule has 0 aromatic rings. The first kappa shape index (κ1) is 56.3. The zero-order chi connectivity index (χ0) is 43.7. The molecule has 0 amide bonds. The second-order valence-electron chi connectivity index (χ2n) is 15.6. The van der Waals surface area contributed by atoms with Crippen LogP contribution >= 0.6 is 0 Å². The molecular formula is C54H88O6. The second-order valence-corrected chi connectivity index (χ2v) is 15.6. The van der Waals surface area contributed by atoms with Crippen LogP contribution in [0.3, 0.4) is 0 Å². The Hall–Kier alpha value is -3.67. The highest BCUT2D eigenvalue weighted by atomic mass is 16.6. The minimum Gasteiger partial charge on any atom is -0.462 e. The van der Waals surface area contributed by atoms with Crippen LogP contribution in [0.1, 0.15) is 207 Å². The molecule has 0 fully saturated rings. The minimum absolute atomic E-state index is 0.101. The predicted molar refractivity (Wildman–Crippen MR) is 256 cm³/mol. The van der Waals surface area contributed by atoms with Crippen LogP contribution in [0.2, 0.25) is 0 Å². The van der Waals surface area contributed by atoms with Gasteiger partial charge in [-0.2, -0.15) is 0 Å². The van der Waals surface area contributed by atoms with Crippen molar-refractivity contribution in [2.45, 2.75) is 213 Å². The summed E-state index contributed by atoms with van der Waals surface area (Å²) in [4.78, 5) is 37.5. The molecule has 0 spiro atoms. The lowest BCUT2D eigenvalue weighted by Gasteiger charge is -2.18. The van der Waals surface area contributed by atoms with E-state index in [1.807, 2.05) is 0 Å². The van der Waals surface area contributed by atoms with E-state index in [9.17, 15) is 14.4 Å². The van der Waals surface area contributed by atoms with Crippen molar-refractivity contribution in [2.24, 2.45) is 0 Å². The number of hydrogen-bond acceptors (Lipinski definition) is 6. The van der Waals surface area contributed by atoms with E-state index in [2.05, 4.69) is 118 Å². The maximum absolute atomic E-state index is 12.7. The lowest BCUT2D eigenvalue weighted by atomic mass is 10.1. The van der Waals surface area contributed by atoms with Gasteiger partial charge >= 0.3 is 17.9 Å². The van der Waals surface area contributed by atoms with E-state index in [1.165, 1.54) is 44.9 Å². The number of unbranched alkanes of at least 4 members (excludes halogenated alkanes) is 15. The lowest BCUT2D eigenvalue weighted by Crippen LogP contribution is -2.30. The summed E-state index contributed by atoms with van der Waals surface area (Å²) in [5.74, 6) is -0.993. The number of carbonyl (C=O) groups excluding carboxylic acids is 3. The Kier molecular flexibility index (Phi) is 45.1. The summed E-state index contributed by atoms with van der Waals surface area (Å²) in [5.41, 5.74) is 0. The van der Waals surface area contributed by atoms with Crippen LogP contribution < -0.4 is 0 Å². The summed E-state index contributed by atoms with van der Waals surface area (Å²) < 4.78 is 16.6. The summed E-state index contributed by atoms with van der Waals surface area (Å²) in [6, 6.07) is 0. The molecule has 60 heavy (non-hydrogen) atoms. The van der Waals surface area contributed by atoms with Gasteiger partial charge in [0.2, 0.25) is 0 Å². The van der Waals surface area contributed by atoms with Crippen molar-refractivity contribution in [2.75, 3.05) is 13.2 Å². The lowest BCUT2D eigenvalue weighted by molar-refractivity contribution is -0.167. The number of rotatable bonds is 42. The van der Waals surface area contributed by atoms with Crippen molar-refractivity contribution in [1.29, 1.82) is 0 Å². The topological polar surface area (TPSA) is 78.9 Å². The van der Waals surface area contributed by atoms with Gasteiger partial charge in [-0.25, -0.2) is 0 Å². The van der Waals surface area contributed by atoms with Crippen molar-refractivity contribution in [1.82, 2.24) is 0 Å². The molecule has 0 aliphatic heterocycles. The van der Waals surface area contributed by atoms with E-state index in [4.69, 9.17) is 14.2 Å². The fourth-order valence-corrected chi connectivity index (χ4v) is 6.19. The fraction of sp³-hybridized carbons (Fsp3) is 0.648. The molecule has 6 nitrogen and oxygen atoms in total. The molecule has 0 bridgehead atoms. The van der Waals surface area contributed by atoms with Gasteiger partial charge in [-0.3, -0.25) is 14.4 Å². The maximum atomic E-state index is 12.7. The van der Waals surface area contributed by atoms with E-state index in [-0.39, 0.29) is 37.5 Å². The second kappa shape index (κ2) is 48.0. The molecule has 0 saturated heterocycles. The van der Waals surface area contributed by atoms with Gasteiger partial charge < -0.3 is 14.2 Å². The smallest absolute Gasteiger partial charge is 0.306 e. The molecule has 0 radical (unpaired) electrons. The monoisotopic (exact) mass is 833 g/mol. The summed E-state index contributed by atoms with van der Waals surface area (Å²) in [6.45, 7) is 6.35. The highest BCUT2D eigenvalue weighted by Gasteiger charge is 2.19. The first-order valence-electron chi connectivity index (χ1n) is 24.2. The zero-order valence-electron chi connectivity index (χ0n) is 38.7. The zero-order valence-corrected chi connectivity index (χ0v) is 38.7. The Bertz CT molecular complexity index is 1230. The molecule has 6 heteroatoms. The summed E-state index contributed by atoms with van der Waals surface area (Å²) >= 11 is 0. The van der Waals surface area contributed by atoms with E-state index >= 15 is 0 Å². The SMILES string of the molecule is CC/C=C\C/C=C\C/C=C\C/C=C\C/C=C\C/C=C\C/C=C\CCCC(=O)OCC(COC(=O)CCCCCCC)OC(=O)CCCCCCC/C=C\CCCCCCC. The fourth-order valence-electron chi connectivity index (χ4n) is 6.19. The van der Waals surface area contributed by atoms with Gasteiger partial charge in [0, 0.05) is 19.3 Å². The average molecular weight is 833 g/mol. The van der Waals surface area contributed by atoms with Gasteiger partial charge in [0.25, 0.3) is 0 Å². The Morgan fingerprint density at radius 1 is 0.350 bits per heavy atom. The molecule has 0 aromatic heterocycles. The third-order valence-corrected chi connectivity index (χ3v) is 9.82. The minimum atomic E-state index is -0.801. The van der Waals surface area contributed by atoms with E-state index in [1.54, 1.807) is 0 Å². The van der Waals surface area contributed by atoms with Gasteiger partial charge in [0.15, 0.2) is 6.10 Å². The van der Waals surface area contributed by atoms with Crippen LogP contribution in [0.25, 0.3) is 0 Å². The average Bonchev–Trinajstić information content (AvgIpc) is 3.24. The number of hydrogen-bond donors (Lipinski definition) is 0. The van der Waals surface area contributed by atoms with Crippen molar-refractivity contribution in [3.63, 3.8) is 0 Å². The number of ether oxygens (including phenoxy) is 3. The highest BCUT2D eigenvalue weighted by Crippen LogP contribution is 2.12. The van der Waals surface area contributed by atoms with E-state index in [0.717, 1.165) is 116 Å². The molecule has 0 aromatic carbocycles. The third-order valence-electron chi connectivity index (χ3n) is 9.82.